The normalized spacial score (nSPS) is 10.4. The molecule has 1 aromatic carbocycles. The molecule has 0 spiro atoms. The highest BCUT2D eigenvalue weighted by Crippen LogP contribution is 2.25. The van der Waals surface area contributed by atoms with Crippen molar-refractivity contribution < 1.29 is 77.3 Å². The van der Waals surface area contributed by atoms with Crippen LogP contribution in [-0.4, -0.2) is 110 Å². The van der Waals surface area contributed by atoms with Crippen LogP contribution in [0.15, 0.2) is 87.5 Å². The third-order valence-electron chi connectivity index (χ3n) is 5.98. The van der Waals surface area contributed by atoms with E-state index in [1.807, 2.05) is 0 Å². The topological polar surface area (TPSA) is 236 Å². The van der Waals surface area contributed by atoms with Crippen molar-refractivity contribution in [2.75, 3.05) is 52.9 Å². The second-order valence-electron chi connectivity index (χ2n) is 9.87. The summed E-state index contributed by atoms with van der Waals surface area (Å²) in [7, 11) is 0. The molecule has 266 valence electrons. The Labute approximate surface area is 281 Å². The van der Waals surface area contributed by atoms with Gasteiger partial charge in [0, 0.05) is 30.4 Å². The first-order valence-corrected chi connectivity index (χ1v) is 13.9. The van der Waals surface area contributed by atoms with Gasteiger partial charge in [0.2, 0.25) is 0 Å². The lowest BCUT2D eigenvalue weighted by atomic mass is 9.90. The lowest BCUT2D eigenvalue weighted by molar-refractivity contribution is -0.166. The highest BCUT2D eigenvalue weighted by Gasteiger charge is 2.39. The van der Waals surface area contributed by atoms with E-state index in [1.165, 1.54) is 24.3 Å². The van der Waals surface area contributed by atoms with Gasteiger partial charge in [-0.05, 0) is 12.1 Å². The van der Waals surface area contributed by atoms with E-state index in [1.54, 1.807) is 0 Å². The van der Waals surface area contributed by atoms with E-state index < -0.39 is 92.3 Å². The first kappa shape index (κ1) is 43.1. The van der Waals surface area contributed by atoms with Crippen molar-refractivity contribution in [3.8, 4) is 0 Å². The van der Waals surface area contributed by atoms with Crippen LogP contribution in [-0.2, 0) is 52.4 Å². The number of aliphatic hydroxyl groups is 1. The fraction of sp³-hybridized carbons (Fsp3) is 0.303. The summed E-state index contributed by atoms with van der Waals surface area (Å²) in [5.74, 6) is -6.50. The maximum absolute atomic E-state index is 11.7. The van der Waals surface area contributed by atoms with Gasteiger partial charge in [-0.3, -0.25) is 0 Å². The molecule has 0 saturated heterocycles. The molecular formula is C33H38O16. The molecule has 0 fully saturated rings. The van der Waals surface area contributed by atoms with E-state index >= 15 is 0 Å². The van der Waals surface area contributed by atoms with Crippen molar-refractivity contribution >= 4 is 41.8 Å². The molecule has 0 aliphatic heterocycles. The molecule has 0 aromatic heterocycles. The fourth-order valence-electron chi connectivity index (χ4n) is 3.27. The summed E-state index contributed by atoms with van der Waals surface area (Å²) in [6, 6.07) is 5.48. The van der Waals surface area contributed by atoms with Crippen molar-refractivity contribution in [2.24, 2.45) is 10.8 Å². The van der Waals surface area contributed by atoms with Gasteiger partial charge in [0.1, 0.15) is 33.0 Å². The number of ether oxygens (including phenoxy) is 6. The van der Waals surface area contributed by atoms with Gasteiger partial charge in [-0.25, -0.2) is 33.6 Å². The minimum absolute atomic E-state index is 0.190. The number of rotatable bonds is 22. The summed E-state index contributed by atoms with van der Waals surface area (Å²) in [6.07, 6.45) is 4.50. The predicted octanol–water partition coefficient (Wildman–Crippen LogP) is 1.70. The molecule has 1 rings (SSSR count). The number of hydrogen-bond acceptors (Lipinski definition) is 14. The Morgan fingerprint density at radius 2 is 0.776 bits per heavy atom. The SMILES string of the molecule is C=CC(=O)OCC(CO)(COCC(COC(=O)C=C)(COC(=O)C=C)COC(=O)C=C)COC(=O)C=C.O=C(O)c1ccccc1C(=O)O. The van der Waals surface area contributed by atoms with Crippen LogP contribution >= 0.6 is 0 Å². The number of aromatic carboxylic acids is 2. The zero-order valence-corrected chi connectivity index (χ0v) is 26.5. The summed E-state index contributed by atoms with van der Waals surface area (Å²) < 4.78 is 31.1. The van der Waals surface area contributed by atoms with E-state index in [-0.39, 0.29) is 24.3 Å². The fourth-order valence-corrected chi connectivity index (χ4v) is 3.27. The van der Waals surface area contributed by atoms with Crippen molar-refractivity contribution in [2.45, 2.75) is 0 Å². The van der Waals surface area contributed by atoms with Crippen LogP contribution in [0.1, 0.15) is 20.7 Å². The van der Waals surface area contributed by atoms with Crippen molar-refractivity contribution in [3.63, 3.8) is 0 Å². The largest absolute Gasteiger partial charge is 0.478 e. The molecule has 0 aliphatic rings. The molecule has 16 heteroatoms. The molecule has 0 amide bonds. The second kappa shape index (κ2) is 22.6. The van der Waals surface area contributed by atoms with Gasteiger partial charge in [-0.15, -0.1) is 0 Å². The van der Waals surface area contributed by atoms with Crippen molar-refractivity contribution in [1.82, 2.24) is 0 Å². The first-order chi connectivity index (χ1) is 23.2. The summed E-state index contributed by atoms with van der Waals surface area (Å²) in [5, 5.41) is 27.1. The number of aliphatic hydroxyl groups excluding tert-OH is 1. The molecule has 0 bridgehead atoms. The van der Waals surface area contributed by atoms with Crippen LogP contribution in [0.5, 0.6) is 0 Å². The number of hydrogen-bond donors (Lipinski definition) is 3. The summed E-state index contributed by atoms with van der Waals surface area (Å²) in [4.78, 5) is 79.2. The molecule has 49 heavy (non-hydrogen) atoms. The lowest BCUT2D eigenvalue weighted by Gasteiger charge is -2.34. The van der Waals surface area contributed by atoms with E-state index in [2.05, 4.69) is 32.9 Å². The molecule has 0 heterocycles. The van der Waals surface area contributed by atoms with E-state index in [4.69, 9.17) is 38.6 Å². The number of carbonyl (C=O) groups is 7. The van der Waals surface area contributed by atoms with Crippen LogP contribution in [0.3, 0.4) is 0 Å². The Morgan fingerprint density at radius 3 is 1.02 bits per heavy atom. The lowest BCUT2D eigenvalue weighted by Crippen LogP contribution is -2.46. The molecule has 16 nitrogen and oxygen atoms in total. The number of carboxylic acid groups (broad SMARTS) is 2. The van der Waals surface area contributed by atoms with Crippen LogP contribution in [0.2, 0.25) is 0 Å². The van der Waals surface area contributed by atoms with Gasteiger partial charge in [-0.2, -0.15) is 0 Å². The molecule has 0 saturated carbocycles. The minimum Gasteiger partial charge on any atom is -0.478 e. The molecule has 0 atom stereocenters. The second-order valence-corrected chi connectivity index (χ2v) is 9.87. The Kier molecular flexibility index (Phi) is 19.9. The third kappa shape index (κ3) is 16.5. The maximum Gasteiger partial charge on any atom is 0.336 e. The van der Waals surface area contributed by atoms with Crippen LogP contribution in [0.25, 0.3) is 0 Å². The average molecular weight is 691 g/mol. The first-order valence-electron chi connectivity index (χ1n) is 13.9. The summed E-state index contributed by atoms with van der Waals surface area (Å²) in [5.41, 5.74) is -3.25. The number of carboxylic acids is 2. The Balaban J connectivity index is 0.00000160. The highest BCUT2D eigenvalue weighted by molar-refractivity contribution is 6.01. The van der Waals surface area contributed by atoms with Crippen LogP contribution in [0, 0.1) is 10.8 Å². The van der Waals surface area contributed by atoms with Gasteiger partial charge in [0.15, 0.2) is 0 Å². The number of carbonyl (C=O) groups excluding carboxylic acids is 5. The van der Waals surface area contributed by atoms with E-state index in [0.717, 1.165) is 30.4 Å². The predicted molar refractivity (Wildman–Crippen MR) is 169 cm³/mol. The van der Waals surface area contributed by atoms with Crippen LogP contribution < -0.4 is 0 Å². The van der Waals surface area contributed by atoms with Gasteiger partial charge in [0.05, 0.1) is 41.8 Å². The highest BCUT2D eigenvalue weighted by atomic mass is 16.6. The molecule has 1 aromatic rings. The quantitative estimate of drug-likeness (QED) is 0.0892. The standard InChI is InChI=1S/C25H32O12.C8H6O4/c1-6-19(27)33-14-24(11-26,15-34-20(28)7-2)12-32-13-25(16-35-21(29)8-3,17-36-22(30)9-4)18-37-23(31)10-5;9-7(10)5-3-1-2-4-6(5)8(11)12/h6-10,26H,1-5,11-18H2;1-4H,(H,9,10)(H,11,12). The van der Waals surface area contributed by atoms with Crippen molar-refractivity contribution in [1.29, 1.82) is 0 Å². The van der Waals surface area contributed by atoms with Gasteiger partial charge >= 0.3 is 41.8 Å². The monoisotopic (exact) mass is 690 g/mol. The number of benzene rings is 1. The summed E-state index contributed by atoms with van der Waals surface area (Å²) >= 11 is 0. The minimum atomic E-state index is -1.44. The molecular weight excluding hydrogens is 652 g/mol. The Bertz CT molecular complexity index is 1280. The average Bonchev–Trinajstić information content (AvgIpc) is 3.12. The number of esters is 5. The zero-order chi connectivity index (χ0) is 37.5. The third-order valence-corrected chi connectivity index (χ3v) is 5.98. The Morgan fingerprint density at radius 1 is 0.510 bits per heavy atom. The molecule has 0 unspecified atom stereocenters. The van der Waals surface area contributed by atoms with Crippen molar-refractivity contribution in [3.05, 3.63) is 98.7 Å². The molecule has 0 aliphatic carbocycles. The van der Waals surface area contributed by atoms with E-state index in [9.17, 15) is 38.7 Å². The zero-order valence-electron chi connectivity index (χ0n) is 26.5. The molecule has 0 radical (unpaired) electrons. The summed E-state index contributed by atoms with van der Waals surface area (Å²) in [6.45, 7) is 12.8. The van der Waals surface area contributed by atoms with Gasteiger partial charge in [-0.1, -0.05) is 45.0 Å². The maximum atomic E-state index is 11.7. The molecule has 3 N–H and O–H groups in total. The Hall–Kier alpha value is -5.87. The smallest absolute Gasteiger partial charge is 0.336 e. The van der Waals surface area contributed by atoms with E-state index in [0.29, 0.717) is 0 Å². The van der Waals surface area contributed by atoms with Crippen LogP contribution in [0.4, 0.5) is 0 Å². The van der Waals surface area contributed by atoms with Gasteiger partial charge < -0.3 is 43.7 Å². The van der Waals surface area contributed by atoms with Gasteiger partial charge in [0.25, 0.3) is 0 Å².